The summed E-state index contributed by atoms with van der Waals surface area (Å²) in [7, 11) is 0. The SMILES string of the molecule is Nc1nnc(-c2occc2Br)o1. The van der Waals surface area contributed by atoms with Gasteiger partial charge < -0.3 is 14.6 Å². The van der Waals surface area contributed by atoms with Crippen molar-refractivity contribution < 1.29 is 8.83 Å². The van der Waals surface area contributed by atoms with Crippen molar-refractivity contribution in [2.45, 2.75) is 0 Å². The lowest BCUT2D eigenvalue weighted by molar-refractivity contribution is 0.524. The summed E-state index contributed by atoms with van der Waals surface area (Å²) < 4.78 is 10.8. The molecule has 0 radical (unpaired) electrons. The summed E-state index contributed by atoms with van der Waals surface area (Å²) in [4.78, 5) is 0. The minimum absolute atomic E-state index is 0.0216. The molecule has 5 nitrogen and oxygen atoms in total. The average Bonchev–Trinajstić information content (AvgIpc) is 2.58. The Morgan fingerprint density at radius 1 is 1.42 bits per heavy atom. The molecule has 0 aliphatic carbocycles. The van der Waals surface area contributed by atoms with Gasteiger partial charge in [0.2, 0.25) is 5.76 Å². The lowest BCUT2D eigenvalue weighted by Crippen LogP contribution is -1.81. The standard InChI is InChI=1S/C6H4BrN3O2/c7-3-1-2-11-4(3)5-9-10-6(8)12-5/h1-2H,(H2,8,10). The van der Waals surface area contributed by atoms with Crippen LogP contribution >= 0.6 is 15.9 Å². The van der Waals surface area contributed by atoms with Gasteiger partial charge in [0.05, 0.1) is 10.7 Å². The molecule has 12 heavy (non-hydrogen) atoms. The van der Waals surface area contributed by atoms with Crippen molar-refractivity contribution in [3.05, 3.63) is 16.8 Å². The lowest BCUT2D eigenvalue weighted by atomic mass is 10.4. The summed E-state index contributed by atoms with van der Waals surface area (Å²) >= 11 is 3.25. The molecular formula is C6H4BrN3O2. The Bertz CT molecular complexity index is 395. The average molecular weight is 230 g/mol. The highest BCUT2D eigenvalue weighted by atomic mass is 79.9. The number of aromatic nitrogens is 2. The Balaban J connectivity index is 2.50. The van der Waals surface area contributed by atoms with Gasteiger partial charge >= 0.3 is 6.01 Å². The molecule has 0 fully saturated rings. The number of nitrogen functional groups attached to an aromatic ring is 1. The molecule has 2 aromatic rings. The largest absolute Gasteiger partial charge is 0.458 e. The van der Waals surface area contributed by atoms with Gasteiger partial charge in [-0.25, -0.2) is 0 Å². The van der Waals surface area contributed by atoms with Gasteiger partial charge in [0.25, 0.3) is 5.89 Å². The molecule has 2 rings (SSSR count). The maximum absolute atomic E-state index is 5.24. The maximum Gasteiger partial charge on any atom is 0.313 e. The fourth-order valence-electron chi connectivity index (χ4n) is 0.773. The monoisotopic (exact) mass is 229 g/mol. The van der Waals surface area contributed by atoms with Crippen LogP contribution < -0.4 is 5.73 Å². The Morgan fingerprint density at radius 2 is 2.25 bits per heavy atom. The summed E-state index contributed by atoms with van der Waals surface area (Å²) in [6, 6.07) is 1.75. The van der Waals surface area contributed by atoms with Crippen LogP contribution in [0.1, 0.15) is 0 Å². The molecule has 0 bridgehead atoms. The molecule has 0 aliphatic rings. The Hall–Kier alpha value is -1.30. The van der Waals surface area contributed by atoms with E-state index < -0.39 is 0 Å². The van der Waals surface area contributed by atoms with E-state index in [4.69, 9.17) is 14.6 Å². The summed E-state index contributed by atoms with van der Waals surface area (Å²) in [5.74, 6) is 0.753. The van der Waals surface area contributed by atoms with Crippen molar-refractivity contribution in [1.29, 1.82) is 0 Å². The van der Waals surface area contributed by atoms with Crippen LogP contribution in [0.25, 0.3) is 11.7 Å². The second-order valence-electron chi connectivity index (χ2n) is 2.04. The summed E-state index contributed by atoms with van der Waals surface area (Å²) in [5, 5.41) is 7.15. The minimum atomic E-state index is 0.0216. The molecule has 2 aromatic heterocycles. The predicted octanol–water partition coefficient (Wildman–Crippen LogP) is 1.67. The van der Waals surface area contributed by atoms with Crippen molar-refractivity contribution in [3.63, 3.8) is 0 Å². The first-order chi connectivity index (χ1) is 5.77. The summed E-state index contributed by atoms with van der Waals surface area (Å²) in [5.41, 5.74) is 5.24. The fourth-order valence-corrected chi connectivity index (χ4v) is 1.14. The molecule has 2 N–H and O–H groups in total. The van der Waals surface area contributed by atoms with Gasteiger partial charge in [0.15, 0.2) is 0 Å². The van der Waals surface area contributed by atoms with E-state index in [0.717, 1.165) is 4.47 Å². The van der Waals surface area contributed by atoms with E-state index in [1.807, 2.05) is 0 Å². The third-order valence-corrected chi connectivity index (χ3v) is 1.88. The first-order valence-corrected chi connectivity index (χ1v) is 3.89. The van der Waals surface area contributed by atoms with Gasteiger partial charge in [-0.3, -0.25) is 0 Å². The van der Waals surface area contributed by atoms with Crippen LogP contribution in [-0.2, 0) is 0 Å². The van der Waals surface area contributed by atoms with Crippen LogP contribution in [0.3, 0.4) is 0 Å². The number of nitrogens with two attached hydrogens (primary N) is 1. The number of hydrogen-bond acceptors (Lipinski definition) is 5. The smallest absolute Gasteiger partial charge is 0.313 e. The van der Waals surface area contributed by atoms with E-state index >= 15 is 0 Å². The maximum atomic E-state index is 5.24. The lowest BCUT2D eigenvalue weighted by Gasteiger charge is -1.86. The zero-order valence-electron chi connectivity index (χ0n) is 5.82. The molecule has 0 saturated heterocycles. The molecule has 0 unspecified atom stereocenters. The highest BCUT2D eigenvalue weighted by Crippen LogP contribution is 2.28. The van der Waals surface area contributed by atoms with Crippen LogP contribution in [0, 0.1) is 0 Å². The molecule has 0 aromatic carbocycles. The third-order valence-electron chi connectivity index (χ3n) is 1.25. The summed E-state index contributed by atoms with van der Waals surface area (Å²) in [6.07, 6.45) is 1.51. The quantitative estimate of drug-likeness (QED) is 0.805. The molecule has 2 heterocycles. The van der Waals surface area contributed by atoms with E-state index in [-0.39, 0.29) is 11.9 Å². The number of anilines is 1. The van der Waals surface area contributed by atoms with E-state index in [2.05, 4.69) is 26.1 Å². The van der Waals surface area contributed by atoms with E-state index in [0.29, 0.717) is 5.76 Å². The van der Waals surface area contributed by atoms with Crippen LogP contribution in [0.4, 0.5) is 6.01 Å². The van der Waals surface area contributed by atoms with Crippen molar-refractivity contribution >= 4 is 21.9 Å². The van der Waals surface area contributed by atoms with Gasteiger partial charge in [-0.15, -0.1) is 5.10 Å². The number of hydrogen-bond donors (Lipinski definition) is 1. The number of halogens is 1. The number of rotatable bonds is 1. The van der Waals surface area contributed by atoms with E-state index in [9.17, 15) is 0 Å². The van der Waals surface area contributed by atoms with Gasteiger partial charge in [0, 0.05) is 0 Å². The molecule has 6 heteroatoms. The zero-order valence-corrected chi connectivity index (χ0v) is 7.41. The normalized spacial score (nSPS) is 10.4. The minimum Gasteiger partial charge on any atom is -0.458 e. The van der Waals surface area contributed by atoms with Crippen LogP contribution in [0.5, 0.6) is 0 Å². The second-order valence-corrected chi connectivity index (χ2v) is 2.90. The number of nitrogens with zero attached hydrogens (tertiary/aromatic N) is 2. The van der Waals surface area contributed by atoms with E-state index in [1.165, 1.54) is 6.26 Å². The van der Waals surface area contributed by atoms with Gasteiger partial charge in [-0.1, -0.05) is 5.10 Å². The highest BCUT2D eigenvalue weighted by molar-refractivity contribution is 9.10. The molecule has 0 amide bonds. The molecule has 0 aliphatic heterocycles. The topological polar surface area (TPSA) is 78.1 Å². The predicted molar refractivity (Wildman–Crippen MR) is 44.1 cm³/mol. The third kappa shape index (κ3) is 1.10. The first-order valence-electron chi connectivity index (χ1n) is 3.09. The Morgan fingerprint density at radius 3 is 2.75 bits per heavy atom. The second kappa shape index (κ2) is 2.63. The molecule has 0 spiro atoms. The molecule has 62 valence electrons. The van der Waals surface area contributed by atoms with Crippen molar-refractivity contribution in [2.24, 2.45) is 0 Å². The van der Waals surface area contributed by atoms with Crippen molar-refractivity contribution in [2.75, 3.05) is 5.73 Å². The van der Waals surface area contributed by atoms with Gasteiger partial charge in [-0.2, -0.15) is 0 Å². The Kier molecular flexibility index (Phi) is 1.61. The zero-order chi connectivity index (χ0) is 8.55. The Labute approximate surface area is 75.7 Å². The van der Waals surface area contributed by atoms with Crippen LogP contribution in [-0.4, -0.2) is 10.2 Å². The summed E-state index contributed by atoms with van der Waals surface area (Å²) in [6.45, 7) is 0. The van der Waals surface area contributed by atoms with Crippen LogP contribution in [0.2, 0.25) is 0 Å². The molecular weight excluding hydrogens is 226 g/mol. The molecule has 0 atom stereocenters. The molecule has 0 saturated carbocycles. The van der Waals surface area contributed by atoms with E-state index in [1.54, 1.807) is 6.07 Å². The van der Waals surface area contributed by atoms with Gasteiger partial charge in [-0.05, 0) is 22.0 Å². The van der Waals surface area contributed by atoms with Gasteiger partial charge in [0.1, 0.15) is 0 Å². The first kappa shape index (κ1) is 7.35. The van der Waals surface area contributed by atoms with Crippen LogP contribution in [0.15, 0.2) is 25.6 Å². The van der Waals surface area contributed by atoms with Crippen molar-refractivity contribution in [3.8, 4) is 11.7 Å². The fraction of sp³-hybridized carbons (Fsp3) is 0. The van der Waals surface area contributed by atoms with Crippen molar-refractivity contribution in [1.82, 2.24) is 10.2 Å². The highest BCUT2D eigenvalue weighted by Gasteiger charge is 2.12. The number of furan rings is 1.